The number of benzene rings is 2. The molecule has 0 heterocycles. The average molecular weight is 423 g/mol. The predicted molar refractivity (Wildman–Crippen MR) is 113 cm³/mol. The molecule has 28 heavy (non-hydrogen) atoms. The van der Waals surface area contributed by atoms with Crippen LogP contribution < -0.4 is 14.8 Å². The third kappa shape index (κ3) is 6.25. The largest absolute Gasteiger partial charge is 0.492 e. The number of hydrogen-bond donors (Lipinski definition) is 2. The molecule has 0 fully saturated rings. The molecule has 2 aromatic rings. The summed E-state index contributed by atoms with van der Waals surface area (Å²) in [5.74, 6) is 0.308. The molecule has 0 aromatic heterocycles. The molecule has 0 saturated carbocycles. The van der Waals surface area contributed by atoms with Crippen LogP contribution in [-0.2, 0) is 14.8 Å². The molecule has 2 aromatic carbocycles. The topological polar surface area (TPSA) is 84.5 Å². The Bertz CT molecular complexity index is 900. The number of hydrogen-bond acceptors (Lipinski definition) is 5. The molecule has 1 amide bonds. The van der Waals surface area contributed by atoms with E-state index in [1.807, 2.05) is 36.6 Å². The fraction of sp³-hybridized carbons (Fsp3) is 0.350. The number of nitrogens with one attached hydrogen (secondary N) is 2. The van der Waals surface area contributed by atoms with Crippen molar-refractivity contribution in [2.75, 3.05) is 18.2 Å². The molecule has 6 nitrogen and oxygen atoms in total. The number of thioether (sulfide) groups is 1. The molecular weight excluding hydrogens is 396 g/mol. The molecule has 2 rings (SSSR count). The van der Waals surface area contributed by atoms with Crippen LogP contribution >= 0.6 is 11.8 Å². The minimum Gasteiger partial charge on any atom is -0.492 e. The van der Waals surface area contributed by atoms with Gasteiger partial charge in [0.1, 0.15) is 12.4 Å². The highest BCUT2D eigenvalue weighted by Gasteiger charge is 2.20. The van der Waals surface area contributed by atoms with E-state index in [9.17, 15) is 13.2 Å². The van der Waals surface area contributed by atoms with Gasteiger partial charge in [-0.25, -0.2) is 13.1 Å². The lowest BCUT2D eigenvalue weighted by molar-refractivity contribution is -0.118. The van der Waals surface area contributed by atoms with Gasteiger partial charge in [-0.3, -0.25) is 4.79 Å². The van der Waals surface area contributed by atoms with Crippen LogP contribution in [-0.4, -0.2) is 33.2 Å². The standard InChI is InChI=1S/C20H26N2O4S2/c1-14(2)20(23)21-18-12-17(10-11-19(18)27-4)28(24,25)22-15(3)13-26-16-8-6-5-7-9-16/h5-12,14-15,22H,13H2,1-4H3,(H,21,23)/t15-/m0/s1. The summed E-state index contributed by atoms with van der Waals surface area (Å²) in [7, 11) is -3.76. The SMILES string of the molecule is CSc1ccc(S(=O)(=O)N[C@@H](C)COc2ccccc2)cc1NC(=O)C(C)C. The number of rotatable bonds is 9. The number of carbonyl (C=O) groups excluding carboxylic acids is 1. The van der Waals surface area contributed by atoms with E-state index in [1.165, 1.54) is 23.9 Å². The van der Waals surface area contributed by atoms with Gasteiger partial charge in [-0.1, -0.05) is 32.0 Å². The third-order valence-corrected chi connectivity index (χ3v) is 6.25. The van der Waals surface area contributed by atoms with Crippen molar-refractivity contribution in [2.24, 2.45) is 5.92 Å². The number of amides is 1. The Balaban J connectivity index is 2.12. The number of carbonyl (C=O) groups is 1. The van der Waals surface area contributed by atoms with Crippen molar-refractivity contribution in [3.63, 3.8) is 0 Å². The second kappa shape index (κ2) is 9.95. The molecule has 152 valence electrons. The zero-order valence-corrected chi connectivity index (χ0v) is 18.1. The van der Waals surface area contributed by atoms with Crippen molar-refractivity contribution < 1.29 is 17.9 Å². The van der Waals surface area contributed by atoms with Crippen LogP contribution in [0.25, 0.3) is 0 Å². The molecule has 0 aliphatic heterocycles. The number of anilines is 1. The lowest BCUT2D eigenvalue weighted by Gasteiger charge is -2.17. The van der Waals surface area contributed by atoms with Crippen LogP contribution in [0.1, 0.15) is 20.8 Å². The molecule has 0 aliphatic rings. The van der Waals surface area contributed by atoms with Crippen molar-refractivity contribution >= 4 is 33.4 Å². The lowest BCUT2D eigenvalue weighted by atomic mass is 10.2. The Hall–Kier alpha value is -2.03. The Labute approximate surface area is 171 Å². The van der Waals surface area contributed by atoms with Gasteiger partial charge in [-0.15, -0.1) is 11.8 Å². The normalized spacial score (nSPS) is 12.6. The summed E-state index contributed by atoms with van der Waals surface area (Å²) in [6, 6.07) is 13.5. The molecule has 8 heteroatoms. The molecule has 0 spiro atoms. The molecule has 0 unspecified atom stereocenters. The zero-order chi connectivity index (χ0) is 20.7. The van der Waals surface area contributed by atoms with Crippen LogP contribution in [0.2, 0.25) is 0 Å². The van der Waals surface area contributed by atoms with Crippen molar-refractivity contribution in [1.82, 2.24) is 4.72 Å². The van der Waals surface area contributed by atoms with Crippen molar-refractivity contribution in [3.05, 3.63) is 48.5 Å². The van der Waals surface area contributed by atoms with E-state index in [4.69, 9.17) is 4.74 Å². The second-order valence-electron chi connectivity index (χ2n) is 6.65. The van der Waals surface area contributed by atoms with Gasteiger partial charge in [0.15, 0.2) is 0 Å². The molecule has 1 atom stereocenters. The first-order valence-electron chi connectivity index (χ1n) is 8.92. The van der Waals surface area contributed by atoms with E-state index in [0.717, 1.165) is 4.90 Å². The first-order chi connectivity index (χ1) is 13.2. The Kier molecular flexibility index (Phi) is 7.91. The molecule has 0 saturated heterocycles. The summed E-state index contributed by atoms with van der Waals surface area (Å²) in [6.45, 7) is 5.50. The highest BCUT2D eigenvalue weighted by atomic mass is 32.2. The van der Waals surface area contributed by atoms with E-state index in [0.29, 0.717) is 11.4 Å². The maximum atomic E-state index is 12.7. The van der Waals surface area contributed by atoms with E-state index < -0.39 is 16.1 Å². The van der Waals surface area contributed by atoms with Crippen molar-refractivity contribution in [1.29, 1.82) is 0 Å². The summed E-state index contributed by atoms with van der Waals surface area (Å²) < 4.78 is 33.7. The molecular formula is C20H26N2O4S2. The van der Waals surface area contributed by atoms with E-state index >= 15 is 0 Å². The Morgan fingerprint density at radius 2 is 1.79 bits per heavy atom. The average Bonchev–Trinajstić information content (AvgIpc) is 2.66. The molecule has 0 aliphatic carbocycles. The predicted octanol–water partition coefficient (Wildman–Crippen LogP) is 3.75. The van der Waals surface area contributed by atoms with Crippen LogP contribution in [0.5, 0.6) is 5.75 Å². The van der Waals surface area contributed by atoms with Crippen molar-refractivity contribution in [2.45, 2.75) is 36.6 Å². The first kappa shape index (κ1) is 22.3. The van der Waals surface area contributed by atoms with E-state index in [2.05, 4.69) is 10.0 Å². The first-order valence-corrected chi connectivity index (χ1v) is 11.6. The zero-order valence-electron chi connectivity index (χ0n) is 16.4. The van der Waals surface area contributed by atoms with Crippen molar-refractivity contribution in [3.8, 4) is 5.75 Å². The Morgan fingerprint density at radius 3 is 2.39 bits per heavy atom. The third-order valence-electron chi connectivity index (χ3n) is 3.86. The Morgan fingerprint density at radius 1 is 1.11 bits per heavy atom. The molecule has 0 radical (unpaired) electrons. The fourth-order valence-corrected chi connectivity index (χ4v) is 4.12. The number of para-hydroxylation sites is 1. The fourth-order valence-electron chi connectivity index (χ4n) is 2.33. The molecule has 0 bridgehead atoms. The van der Waals surface area contributed by atoms with E-state index in [1.54, 1.807) is 26.8 Å². The minimum absolute atomic E-state index is 0.0934. The van der Waals surface area contributed by atoms with Gasteiger partial charge in [0.05, 0.1) is 16.6 Å². The van der Waals surface area contributed by atoms with Gasteiger partial charge in [0, 0.05) is 10.8 Å². The smallest absolute Gasteiger partial charge is 0.241 e. The maximum absolute atomic E-state index is 12.7. The van der Waals surface area contributed by atoms with Gasteiger partial charge < -0.3 is 10.1 Å². The lowest BCUT2D eigenvalue weighted by Crippen LogP contribution is -2.36. The van der Waals surface area contributed by atoms with Crippen LogP contribution in [0.15, 0.2) is 58.3 Å². The molecule has 2 N–H and O–H groups in total. The highest BCUT2D eigenvalue weighted by molar-refractivity contribution is 7.98. The van der Waals surface area contributed by atoms with Crippen LogP contribution in [0.3, 0.4) is 0 Å². The number of ether oxygens (including phenoxy) is 1. The quantitative estimate of drug-likeness (QED) is 0.601. The highest BCUT2D eigenvalue weighted by Crippen LogP contribution is 2.28. The van der Waals surface area contributed by atoms with E-state index in [-0.39, 0.29) is 23.3 Å². The van der Waals surface area contributed by atoms with Gasteiger partial charge in [-0.2, -0.15) is 0 Å². The summed E-state index contributed by atoms with van der Waals surface area (Å²) in [6.07, 6.45) is 1.87. The second-order valence-corrected chi connectivity index (χ2v) is 9.21. The monoisotopic (exact) mass is 422 g/mol. The van der Waals surface area contributed by atoms with Gasteiger partial charge >= 0.3 is 0 Å². The summed E-state index contributed by atoms with van der Waals surface area (Å²) >= 11 is 1.44. The van der Waals surface area contributed by atoms with Gasteiger partial charge in [-0.05, 0) is 43.5 Å². The minimum atomic E-state index is -3.76. The van der Waals surface area contributed by atoms with Crippen LogP contribution in [0, 0.1) is 5.92 Å². The summed E-state index contributed by atoms with van der Waals surface area (Å²) in [5.41, 5.74) is 0.488. The summed E-state index contributed by atoms with van der Waals surface area (Å²) in [5, 5.41) is 2.80. The van der Waals surface area contributed by atoms with Crippen LogP contribution in [0.4, 0.5) is 5.69 Å². The van der Waals surface area contributed by atoms with Gasteiger partial charge in [0.2, 0.25) is 15.9 Å². The maximum Gasteiger partial charge on any atom is 0.241 e. The summed E-state index contributed by atoms with van der Waals surface area (Å²) in [4.78, 5) is 12.9. The van der Waals surface area contributed by atoms with Gasteiger partial charge in [0.25, 0.3) is 0 Å². The number of sulfonamides is 1.